The van der Waals surface area contributed by atoms with E-state index in [0.29, 0.717) is 37.0 Å². The van der Waals surface area contributed by atoms with E-state index in [1.807, 2.05) is 0 Å². The minimum absolute atomic E-state index is 0.103. The van der Waals surface area contributed by atoms with Crippen LogP contribution in [0.5, 0.6) is 5.75 Å². The van der Waals surface area contributed by atoms with Gasteiger partial charge in [0.2, 0.25) is 10.0 Å². The van der Waals surface area contributed by atoms with Gasteiger partial charge in [0.05, 0.1) is 23.1 Å². The van der Waals surface area contributed by atoms with E-state index >= 15 is 0 Å². The summed E-state index contributed by atoms with van der Waals surface area (Å²) in [5.74, 6) is -0.176. The minimum Gasteiger partial charge on any atom is -0.482 e. The number of ether oxygens (including phenoxy) is 2. The van der Waals surface area contributed by atoms with Crippen LogP contribution in [0, 0.1) is 0 Å². The van der Waals surface area contributed by atoms with Crippen LogP contribution in [0.2, 0.25) is 10.0 Å². The van der Waals surface area contributed by atoms with E-state index in [0.717, 1.165) is 0 Å². The van der Waals surface area contributed by atoms with Gasteiger partial charge in [0.15, 0.2) is 6.61 Å². The monoisotopic (exact) mass is 444 g/mol. The number of morpholine rings is 1. The lowest BCUT2D eigenvalue weighted by Gasteiger charge is -2.26. The Hall–Kier alpha value is -1.84. The number of benzene rings is 2. The Morgan fingerprint density at radius 2 is 1.86 bits per heavy atom. The van der Waals surface area contributed by atoms with Gasteiger partial charge in [-0.15, -0.1) is 0 Å². The fourth-order valence-corrected chi connectivity index (χ4v) is 4.41. The second-order valence-electron chi connectivity index (χ2n) is 5.93. The van der Waals surface area contributed by atoms with Crippen molar-refractivity contribution >= 4 is 44.8 Å². The number of nitrogens with zero attached hydrogens (tertiary/aromatic N) is 1. The van der Waals surface area contributed by atoms with Crippen molar-refractivity contribution in [2.45, 2.75) is 4.90 Å². The van der Waals surface area contributed by atoms with E-state index in [9.17, 15) is 13.2 Å². The number of anilines is 1. The standard InChI is InChI=1S/C18H18Cl2N2O5S/c19-15-5-2-6-16(18(15)20)27-12-17(23)21-13-3-1-4-14(11-13)28(24,25)22-7-9-26-10-8-22/h1-6,11H,7-10,12H2,(H,21,23). The molecule has 0 radical (unpaired) electrons. The summed E-state index contributed by atoms with van der Waals surface area (Å²) in [6.07, 6.45) is 0. The van der Waals surface area contributed by atoms with Gasteiger partial charge >= 0.3 is 0 Å². The smallest absolute Gasteiger partial charge is 0.262 e. The average Bonchev–Trinajstić information content (AvgIpc) is 2.70. The van der Waals surface area contributed by atoms with Crippen molar-refractivity contribution in [3.63, 3.8) is 0 Å². The molecule has 1 saturated heterocycles. The second-order valence-corrected chi connectivity index (χ2v) is 8.66. The number of carbonyl (C=O) groups excluding carboxylic acids is 1. The van der Waals surface area contributed by atoms with Gasteiger partial charge in [-0.1, -0.05) is 35.3 Å². The fraction of sp³-hybridized carbons (Fsp3) is 0.278. The zero-order valence-electron chi connectivity index (χ0n) is 14.7. The number of sulfonamides is 1. The summed E-state index contributed by atoms with van der Waals surface area (Å²) < 4.78 is 37.4. The lowest BCUT2D eigenvalue weighted by atomic mass is 10.3. The molecular weight excluding hydrogens is 427 g/mol. The van der Waals surface area contributed by atoms with Crippen LogP contribution in [0.3, 0.4) is 0 Å². The van der Waals surface area contributed by atoms with Crippen molar-refractivity contribution in [1.29, 1.82) is 0 Å². The minimum atomic E-state index is -3.65. The number of nitrogens with one attached hydrogen (secondary N) is 1. The van der Waals surface area contributed by atoms with Gasteiger partial charge in [-0.25, -0.2) is 8.42 Å². The molecule has 0 bridgehead atoms. The van der Waals surface area contributed by atoms with E-state index < -0.39 is 15.9 Å². The molecular formula is C18H18Cl2N2O5S. The summed E-state index contributed by atoms with van der Waals surface area (Å²) in [4.78, 5) is 12.3. The van der Waals surface area contributed by atoms with Crippen molar-refractivity contribution < 1.29 is 22.7 Å². The Morgan fingerprint density at radius 1 is 1.14 bits per heavy atom. The van der Waals surface area contributed by atoms with Crippen LogP contribution in [0.25, 0.3) is 0 Å². The number of halogens is 2. The largest absolute Gasteiger partial charge is 0.482 e. The zero-order valence-corrected chi connectivity index (χ0v) is 17.1. The second kappa shape index (κ2) is 9.11. The first-order valence-corrected chi connectivity index (χ1v) is 10.6. The van der Waals surface area contributed by atoms with Crippen LogP contribution in [0.4, 0.5) is 5.69 Å². The van der Waals surface area contributed by atoms with Crippen LogP contribution in [0.1, 0.15) is 0 Å². The molecule has 0 atom stereocenters. The molecule has 0 spiro atoms. The first kappa shape index (κ1) is 20.9. The lowest BCUT2D eigenvalue weighted by Crippen LogP contribution is -2.40. The normalized spacial score (nSPS) is 15.2. The summed E-state index contributed by atoms with van der Waals surface area (Å²) in [7, 11) is -3.65. The molecule has 0 saturated carbocycles. The molecule has 1 fully saturated rings. The molecule has 0 aliphatic carbocycles. The van der Waals surface area contributed by atoms with E-state index in [1.165, 1.54) is 16.4 Å². The van der Waals surface area contributed by atoms with Gasteiger partial charge in [0.25, 0.3) is 5.91 Å². The van der Waals surface area contributed by atoms with Gasteiger partial charge in [-0.05, 0) is 30.3 Å². The maximum absolute atomic E-state index is 12.7. The SMILES string of the molecule is O=C(COc1cccc(Cl)c1Cl)Nc1cccc(S(=O)(=O)N2CCOCC2)c1. The number of hydrogen-bond donors (Lipinski definition) is 1. The molecule has 1 aliphatic rings. The third-order valence-corrected chi connectivity index (χ3v) is 6.70. The number of hydrogen-bond acceptors (Lipinski definition) is 5. The highest BCUT2D eigenvalue weighted by Crippen LogP contribution is 2.31. The van der Waals surface area contributed by atoms with E-state index in [2.05, 4.69) is 5.32 Å². The van der Waals surface area contributed by atoms with Crippen molar-refractivity contribution in [2.75, 3.05) is 38.2 Å². The highest BCUT2D eigenvalue weighted by molar-refractivity contribution is 7.89. The van der Waals surface area contributed by atoms with Crippen LogP contribution in [0.15, 0.2) is 47.4 Å². The number of rotatable bonds is 6. The Morgan fingerprint density at radius 3 is 2.61 bits per heavy atom. The third-order valence-electron chi connectivity index (χ3n) is 4.00. The van der Waals surface area contributed by atoms with E-state index in [-0.39, 0.29) is 22.3 Å². The van der Waals surface area contributed by atoms with Gasteiger partial charge in [-0.3, -0.25) is 4.79 Å². The summed E-state index contributed by atoms with van der Waals surface area (Å²) >= 11 is 11.9. The van der Waals surface area contributed by atoms with Gasteiger partial charge in [0.1, 0.15) is 10.8 Å². The van der Waals surface area contributed by atoms with Crippen molar-refractivity contribution in [3.8, 4) is 5.75 Å². The molecule has 0 aromatic heterocycles. The van der Waals surface area contributed by atoms with Gasteiger partial charge in [-0.2, -0.15) is 4.31 Å². The first-order valence-electron chi connectivity index (χ1n) is 8.42. The van der Waals surface area contributed by atoms with Crippen LogP contribution < -0.4 is 10.1 Å². The van der Waals surface area contributed by atoms with Gasteiger partial charge in [0, 0.05) is 18.8 Å². The molecule has 3 rings (SSSR count). The van der Waals surface area contributed by atoms with E-state index in [1.54, 1.807) is 30.3 Å². The molecule has 28 heavy (non-hydrogen) atoms. The molecule has 1 N–H and O–H groups in total. The topological polar surface area (TPSA) is 84.9 Å². The first-order chi connectivity index (χ1) is 13.4. The predicted molar refractivity (Wildman–Crippen MR) is 107 cm³/mol. The molecule has 7 nitrogen and oxygen atoms in total. The fourth-order valence-electron chi connectivity index (χ4n) is 2.61. The van der Waals surface area contributed by atoms with Crippen LogP contribution in [-0.4, -0.2) is 51.5 Å². The predicted octanol–water partition coefficient (Wildman–Crippen LogP) is 3.03. The average molecular weight is 445 g/mol. The van der Waals surface area contributed by atoms with Crippen LogP contribution >= 0.6 is 23.2 Å². The highest BCUT2D eigenvalue weighted by atomic mass is 35.5. The molecule has 2 aromatic carbocycles. The summed E-state index contributed by atoms with van der Waals surface area (Å²) in [5, 5.41) is 3.15. The maximum atomic E-state index is 12.7. The molecule has 1 heterocycles. The summed E-state index contributed by atoms with van der Waals surface area (Å²) in [6, 6.07) is 10.9. The van der Waals surface area contributed by atoms with E-state index in [4.69, 9.17) is 32.7 Å². The Bertz CT molecular complexity index is 962. The maximum Gasteiger partial charge on any atom is 0.262 e. The molecule has 2 aromatic rings. The summed E-state index contributed by atoms with van der Waals surface area (Å²) in [5.41, 5.74) is 0.347. The van der Waals surface area contributed by atoms with Crippen molar-refractivity contribution in [2.24, 2.45) is 0 Å². The highest BCUT2D eigenvalue weighted by Gasteiger charge is 2.26. The zero-order chi connectivity index (χ0) is 20.1. The third kappa shape index (κ3) is 4.95. The van der Waals surface area contributed by atoms with Crippen molar-refractivity contribution in [1.82, 2.24) is 4.31 Å². The molecule has 10 heteroatoms. The Labute approximate surface area is 173 Å². The van der Waals surface area contributed by atoms with Crippen LogP contribution in [-0.2, 0) is 19.6 Å². The molecule has 0 unspecified atom stereocenters. The number of carbonyl (C=O) groups is 1. The molecule has 1 amide bonds. The summed E-state index contributed by atoms with van der Waals surface area (Å²) in [6.45, 7) is 1.01. The molecule has 150 valence electrons. The quantitative estimate of drug-likeness (QED) is 0.739. The molecule has 1 aliphatic heterocycles. The Kier molecular flexibility index (Phi) is 6.79. The Balaban J connectivity index is 1.65. The number of amides is 1. The van der Waals surface area contributed by atoms with Crippen molar-refractivity contribution in [3.05, 3.63) is 52.5 Å². The van der Waals surface area contributed by atoms with Gasteiger partial charge < -0.3 is 14.8 Å². The lowest BCUT2D eigenvalue weighted by molar-refractivity contribution is -0.118.